The lowest BCUT2D eigenvalue weighted by atomic mass is 9.82. The zero-order chi connectivity index (χ0) is 13.9. The molecule has 1 aromatic rings. The summed E-state index contributed by atoms with van der Waals surface area (Å²) in [5.74, 6) is 3.32. The first-order valence-electron chi connectivity index (χ1n) is 8.07. The Bertz CT molecular complexity index is 461. The average molecular weight is 276 g/mol. The second kappa shape index (κ2) is 6.06. The summed E-state index contributed by atoms with van der Waals surface area (Å²) in [5, 5.41) is 4.16. The Balaban J connectivity index is 1.60. The summed E-state index contributed by atoms with van der Waals surface area (Å²) in [6.07, 6.45) is 9.41. The number of Topliss-reactive ketones (excluding diaryl/α,β-unsaturated/α-hetero) is 1. The Morgan fingerprint density at radius 1 is 1.15 bits per heavy atom. The standard InChI is InChI=1S/C16H24N2O2/c1-11-6-8-12(9-7-11)16-17-15(20-18-16)10-13-4-2-3-5-14(13)19/h11-13H,2-10H2,1H3. The van der Waals surface area contributed by atoms with E-state index < -0.39 is 0 Å². The van der Waals surface area contributed by atoms with Gasteiger partial charge in [-0.3, -0.25) is 4.79 Å². The molecule has 0 aromatic carbocycles. The van der Waals surface area contributed by atoms with Crippen LogP contribution in [0, 0.1) is 11.8 Å². The van der Waals surface area contributed by atoms with E-state index in [1.165, 1.54) is 25.7 Å². The molecule has 0 amide bonds. The highest BCUT2D eigenvalue weighted by atomic mass is 16.5. The van der Waals surface area contributed by atoms with Crippen molar-refractivity contribution in [2.24, 2.45) is 11.8 Å². The molecule has 0 radical (unpaired) electrons. The lowest BCUT2D eigenvalue weighted by Crippen LogP contribution is -2.21. The Hall–Kier alpha value is -1.19. The summed E-state index contributed by atoms with van der Waals surface area (Å²) >= 11 is 0. The van der Waals surface area contributed by atoms with Gasteiger partial charge >= 0.3 is 0 Å². The van der Waals surface area contributed by atoms with Crippen LogP contribution in [0.1, 0.15) is 75.9 Å². The van der Waals surface area contributed by atoms with Gasteiger partial charge in [-0.2, -0.15) is 4.98 Å². The number of aromatic nitrogens is 2. The van der Waals surface area contributed by atoms with Crippen LogP contribution in [-0.4, -0.2) is 15.9 Å². The van der Waals surface area contributed by atoms with E-state index in [0.717, 1.165) is 37.4 Å². The van der Waals surface area contributed by atoms with Crippen LogP contribution in [0.2, 0.25) is 0 Å². The summed E-state index contributed by atoms with van der Waals surface area (Å²) in [4.78, 5) is 16.4. The Morgan fingerprint density at radius 2 is 1.95 bits per heavy atom. The summed E-state index contributed by atoms with van der Waals surface area (Å²) < 4.78 is 5.38. The van der Waals surface area contributed by atoms with Crippen molar-refractivity contribution in [3.05, 3.63) is 11.7 Å². The summed E-state index contributed by atoms with van der Waals surface area (Å²) in [7, 11) is 0. The Labute approximate surface area is 120 Å². The molecule has 4 nitrogen and oxygen atoms in total. The molecule has 0 spiro atoms. The third-order valence-corrected chi connectivity index (χ3v) is 4.97. The number of ketones is 1. The van der Waals surface area contributed by atoms with E-state index >= 15 is 0 Å². The fraction of sp³-hybridized carbons (Fsp3) is 0.812. The molecule has 110 valence electrons. The lowest BCUT2D eigenvalue weighted by molar-refractivity contribution is -0.124. The van der Waals surface area contributed by atoms with Crippen molar-refractivity contribution in [3.63, 3.8) is 0 Å². The fourth-order valence-electron chi connectivity index (χ4n) is 3.52. The van der Waals surface area contributed by atoms with Gasteiger partial charge in [0.1, 0.15) is 5.78 Å². The summed E-state index contributed by atoms with van der Waals surface area (Å²) in [6.45, 7) is 2.31. The topological polar surface area (TPSA) is 56.0 Å². The predicted octanol–water partition coefficient (Wildman–Crippen LogP) is 3.67. The molecule has 0 N–H and O–H groups in total. The van der Waals surface area contributed by atoms with E-state index in [0.29, 0.717) is 24.0 Å². The van der Waals surface area contributed by atoms with Crippen molar-refractivity contribution in [1.29, 1.82) is 0 Å². The summed E-state index contributed by atoms with van der Waals surface area (Å²) in [5.41, 5.74) is 0. The largest absolute Gasteiger partial charge is 0.339 e. The van der Waals surface area contributed by atoms with Crippen LogP contribution in [0.4, 0.5) is 0 Å². The minimum absolute atomic E-state index is 0.114. The van der Waals surface area contributed by atoms with Gasteiger partial charge in [0.25, 0.3) is 0 Å². The maximum absolute atomic E-state index is 11.9. The van der Waals surface area contributed by atoms with Crippen LogP contribution in [0.3, 0.4) is 0 Å². The zero-order valence-electron chi connectivity index (χ0n) is 12.3. The van der Waals surface area contributed by atoms with Crippen molar-refractivity contribution in [1.82, 2.24) is 10.1 Å². The normalized spacial score (nSPS) is 31.4. The monoisotopic (exact) mass is 276 g/mol. The Kier molecular flexibility index (Phi) is 4.18. The van der Waals surface area contributed by atoms with Gasteiger partial charge in [-0.15, -0.1) is 0 Å². The molecule has 2 saturated carbocycles. The molecule has 1 atom stereocenters. The Morgan fingerprint density at radius 3 is 2.70 bits per heavy atom. The van der Waals surface area contributed by atoms with Gasteiger partial charge in [-0.05, 0) is 31.6 Å². The van der Waals surface area contributed by atoms with E-state index in [2.05, 4.69) is 17.1 Å². The molecule has 1 heterocycles. The van der Waals surface area contributed by atoms with E-state index in [1.54, 1.807) is 0 Å². The van der Waals surface area contributed by atoms with E-state index in [4.69, 9.17) is 4.52 Å². The van der Waals surface area contributed by atoms with Crippen LogP contribution in [0.25, 0.3) is 0 Å². The molecule has 2 aliphatic carbocycles. The van der Waals surface area contributed by atoms with Crippen molar-refractivity contribution >= 4 is 5.78 Å². The van der Waals surface area contributed by atoms with Crippen molar-refractivity contribution < 1.29 is 9.32 Å². The van der Waals surface area contributed by atoms with Crippen molar-refractivity contribution in [2.45, 2.75) is 70.6 Å². The first-order chi connectivity index (χ1) is 9.72. The molecule has 2 fully saturated rings. The first kappa shape index (κ1) is 13.8. The number of hydrogen-bond donors (Lipinski definition) is 0. The third kappa shape index (κ3) is 3.10. The van der Waals surface area contributed by atoms with Gasteiger partial charge in [0, 0.05) is 24.7 Å². The smallest absolute Gasteiger partial charge is 0.227 e. The van der Waals surface area contributed by atoms with E-state index in [-0.39, 0.29) is 5.92 Å². The van der Waals surface area contributed by atoms with Crippen LogP contribution >= 0.6 is 0 Å². The van der Waals surface area contributed by atoms with Crippen LogP contribution in [-0.2, 0) is 11.2 Å². The van der Waals surface area contributed by atoms with Crippen molar-refractivity contribution in [3.8, 4) is 0 Å². The molecule has 1 aromatic heterocycles. The van der Waals surface area contributed by atoms with Gasteiger partial charge in [0.2, 0.25) is 5.89 Å². The summed E-state index contributed by atoms with van der Waals surface area (Å²) in [6, 6.07) is 0. The van der Waals surface area contributed by atoms with Crippen LogP contribution in [0.15, 0.2) is 4.52 Å². The fourth-order valence-corrected chi connectivity index (χ4v) is 3.52. The molecule has 0 bridgehead atoms. The maximum Gasteiger partial charge on any atom is 0.227 e. The van der Waals surface area contributed by atoms with E-state index in [9.17, 15) is 4.79 Å². The second-order valence-corrected chi connectivity index (χ2v) is 6.62. The number of nitrogens with zero attached hydrogens (tertiary/aromatic N) is 2. The molecule has 4 heteroatoms. The third-order valence-electron chi connectivity index (χ3n) is 4.97. The number of rotatable bonds is 3. The molecule has 1 unspecified atom stereocenters. The quantitative estimate of drug-likeness (QED) is 0.845. The maximum atomic E-state index is 11.9. The van der Waals surface area contributed by atoms with Crippen molar-refractivity contribution in [2.75, 3.05) is 0 Å². The van der Waals surface area contributed by atoms with Gasteiger partial charge in [0.05, 0.1) is 0 Å². The SMILES string of the molecule is CC1CCC(c2noc(CC3CCCCC3=O)n2)CC1. The van der Waals surface area contributed by atoms with Gasteiger partial charge in [-0.25, -0.2) is 0 Å². The minimum atomic E-state index is 0.114. The van der Waals surface area contributed by atoms with E-state index in [1.807, 2.05) is 0 Å². The molecular weight excluding hydrogens is 252 g/mol. The number of carbonyl (C=O) groups is 1. The van der Waals surface area contributed by atoms with Crippen LogP contribution in [0.5, 0.6) is 0 Å². The predicted molar refractivity (Wildman–Crippen MR) is 75.3 cm³/mol. The van der Waals surface area contributed by atoms with Gasteiger partial charge in [-0.1, -0.05) is 31.3 Å². The highest BCUT2D eigenvalue weighted by molar-refractivity contribution is 5.81. The minimum Gasteiger partial charge on any atom is -0.339 e. The highest BCUT2D eigenvalue weighted by Crippen LogP contribution is 2.34. The molecule has 3 rings (SSSR count). The first-order valence-corrected chi connectivity index (χ1v) is 8.07. The lowest BCUT2D eigenvalue weighted by Gasteiger charge is -2.23. The van der Waals surface area contributed by atoms with Gasteiger partial charge in [0.15, 0.2) is 5.82 Å². The molecular formula is C16H24N2O2. The average Bonchev–Trinajstić information content (AvgIpc) is 2.91. The number of hydrogen-bond acceptors (Lipinski definition) is 4. The second-order valence-electron chi connectivity index (χ2n) is 6.62. The molecule has 20 heavy (non-hydrogen) atoms. The molecule has 0 aliphatic heterocycles. The highest BCUT2D eigenvalue weighted by Gasteiger charge is 2.27. The van der Waals surface area contributed by atoms with Gasteiger partial charge < -0.3 is 4.52 Å². The zero-order valence-corrected chi connectivity index (χ0v) is 12.3. The molecule has 2 aliphatic rings. The number of carbonyl (C=O) groups excluding carboxylic acids is 1. The molecule has 0 saturated heterocycles. The van der Waals surface area contributed by atoms with Crippen LogP contribution < -0.4 is 0 Å².